The molecular weight excluding hydrogens is 303 g/mol. The minimum Gasteiger partial charge on any atom is -0.373 e. The minimum absolute atomic E-state index is 0.255. The third-order valence-electron chi connectivity index (χ3n) is 3.99. The molecule has 5 heteroatoms. The van der Waals surface area contributed by atoms with Crippen LogP contribution in [-0.4, -0.2) is 22.0 Å². The van der Waals surface area contributed by atoms with Crippen LogP contribution >= 0.6 is 0 Å². The summed E-state index contributed by atoms with van der Waals surface area (Å²) in [6, 6.07) is 14.3. The molecule has 4 rings (SSSR count). The van der Waals surface area contributed by atoms with Crippen LogP contribution in [0.5, 0.6) is 0 Å². The van der Waals surface area contributed by atoms with Crippen LogP contribution in [0, 0.1) is 5.82 Å². The Hall–Kier alpha value is -3.21. The Labute approximate surface area is 138 Å². The average molecular weight is 318 g/mol. The van der Waals surface area contributed by atoms with Crippen LogP contribution in [0.15, 0.2) is 60.9 Å². The number of aromatic nitrogens is 3. The van der Waals surface area contributed by atoms with Crippen molar-refractivity contribution >= 4 is 16.9 Å². The monoisotopic (exact) mass is 318 g/mol. The van der Waals surface area contributed by atoms with Gasteiger partial charge >= 0.3 is 0 Å². The third-order valence-corrected chi connectivity index (χ3v) is 3.99. The van der Waals surface area contributed by atoms with Crippen molar-refractivity contribution in [2.45, 2.75) is 0 Å². The molecule has 0 aliphatic carbocycles. The number of H-pyrrole nitrogens is 1. The lowest BCUT2D eigenvalue weighted by Crippen LogP contribution is -1.92. The van der Waals surface area contributed by atoms with E-state index in [1.165, 1.54) is 12.1 Å². The van der Waals surface area contributed by atoms with Crippen molar-refractivity contribution in [2.75, 3.05) is 12.4 Å². The third kappa shape index (κ3) is 2.40. The lowest BCUT2D eigenvalue weighted by Gasteiger charge is -2.07. The highest BCUT2D eigenvalue weighted by Crippen LogP contribution is 2.37. The van der Waals surface area contributed by atoms with Gasteiger partial charge in [0.1, 0.15) is 11.6 Å². The van der Waals surface area contributed by atoms with Gasteiger partial charge in [-0.15, -0.1) is 0 Å². The highest BCUT2D eigenvalue weighted by molar-refractivity contribution is 6.01. The summed E-state index contributed by atoms with van der Waals surface area (Å²) in [5.41, 5.74) is 5.61. The minimum atomic E-state index is -0.255. The fourth-order valence-electron chi connectivity index (χ4n) is 2.86. The average Bonchev–Trinajstić information content (AvgIpc) is 3.02. The van der Waals surface area contributed by atoms with Gasteiger partial charge in [0.05, 0.1) is 16.7 Å². The maximum Gasteiger partial charge on any atom is 0.126 e. The van der Waals surface area contributed by atoms with E-state index in [-0.39, 0.29) is 5.82 Å². The zero-order chi connectivity index (χ0) is 16.5. The number of pyridine rings is 2. The molecule has 0 amide bonds. The number of nitrogens with one attached hydrogen (secondary N) is 2. The standard InChI is InChI=1S/C19H15FN4/c1-21-16-11-13(8-10-22-16)18-17(12-4-6-14(20)7-5-12)19-15(24-18)3-2-9-23-19/h2-11,24H,1H3,(H,21,22). The highest BCUT2D eigenvalue weighted by atomic mass is 19.1. The molecule has 0 radical (unpaired) electrons. The molecule has 0 bridgehead atoms. The molecule has 0 spiro atoms. The number of fused-ring (bicyclic) bond motifs is 1. The number of nitrogens with zero attached hydrogens (tertiary/aromatic N) is 2. The molecule has 2 N–H and O–H groups in total. The predicted octanol–water partition coefficient (Wildman–Crippen LogP) is 4.47. The second-order valence-corrected chi connectivity index (χ2v) is 5.46. The molecule has 118 valence electrons. The Bertz CT molecular complexity index is 1010. The van der Waals surface area contributed by atoms with Gasteiger partial charge in [0.15, 0.2) is 0 Å². The first-order chi connectivity index (χ1) is 11.8. The first-order valence-electron chi connectivity index (χ1n) is 7.63. The van der Waals surface area contributed by atoms with Crippen LogP contribution in [0.1, 0.15) is 0 Å². The molecular formula is C19H15FN4. The molecule has 4 aromatic rings. The summed E-state index contributed by atoms with van der Waals surface area (Å²) in [4.78, 5) is 12.2. The molecule has 4 nitrogen and oxygen atoms in total. The van der Waals surface area contributed by atoms with Gasteiger partial charge in [-0.05, 0) is 42.0 Å². The summed E-state index contributed by atoms with van der Waals surface area (Å²) in [6.45, 7) is 0. The molecule has 0 atom stereocenters. The van der Waals surface area contributed by atoms with Crippen molar-refractivity contribution in [3.8, 4) is 22.4 Å². The summed E-state index contributed by atoms with van der Waals surface area (Å²) in [6.07, 6.45) is 3.52. The first-order valence-corrected chi connectivity index (χ1v) is 7.63. The van der Waals surface area contributed by atoms with E-state index in [4.69, 9.17) is 0 Å². The van der Waals surface area contributed by atoms with Crippen LogP contribution in [-0.2, 0) is 0 Å². The summed E-state index contributed by atoms with van der Waals surface area (Å²) in [5.74, 6) is 0.527. The quantitative estimate of drug-likeness (QED) is 0.586. The van der Waals surface area contributed by atoms with Crippen LogP contribution in [0.2, 0.25) is 0 Å². The van der Waals surface area contributed by atoms with E-state index in [0.717, 1.165) is 39.2 Å². The number of anilines is 1. The van der Waals surface area contributed by atoms with Crippen molar-refractivity contribution in [3.63, 3.8) is 0 Å². The van der Waals surface area contributed by atoms with Gasteiger partial charge in [-0.1, -0.05) is 12.1 Å². The lowest BCUT2D eigenvalue weighted by molar-refractivity contribution is 0.628. The fourth-order valence-corrected chi connectivity index (χ4v) is 2.86. The van der Waals surface area contributed by atoms with Crippen LogP contribution < -0.4 is 5.32 Å². The maximum absolute atomic E-state index is 13.3. The lowest BCUT2D eigenvalue weighted by atomic mass is 10.0. The molecule has 0 unspecified atom stereocenters. The predicted molar refractivity (Wildman–Crippen MR) is 94.3 cm³/mol. The van der Waals surface area contributed by atoms with Gasteiger partial charge in [0.25, 0.3) is 0 Å². The molecule has 0 saturated carbocycles. The molecule has 0 fully saturated rings. The van der Waals surface area contributed by atoms with E-state index in [9.17, 15) is 4.39 Å². The van der Waals surface area contributed by atoms with Crippen molar-refractivity contribution in [3.05, 3.63) is 66.7 Å². The van der Waals surface area contributed by atoms with Gasteiger partial charge in [0.2, 0.25) is 0 Å². The van der Waals surface area contributed by atoms with E-state index < -0.39 is 0 Å². The number of halogens is 1. The van der Waals surface area contributed by atoms with Gasteiger partial charge in [-0.25, -0.2) is 9.37 Å². The smallest absolute Gasteiger partial charge is 0.126 e. The molecule has 3 heterocycles. The molecule has 3 aromatic heterocycles. The van der Waals surface area contributed by atoms with Gasteiger partial charge < -0.3 is 10.3 Å². The number of benzene rings is 1. The molecule has 0 saturated heterocycles. The Balaban J connectivity index is 2.01. The fraction of sp³-hybridized carbons (Fsp3) is 0.0526. The van der Waals surface area contributed by atoms with E-state index in [2.05, 4.69) is 20.3 Å². The second-order valence-electron chi connectivity index (χ2n) is 5.46. The van der Waals surface area contributed by atoms with E-state index in [0.29, 0.717) is 0 Å². The Morgan fingerprint density at radius 1 is 0.958 bits per heavy atom. The summed E-state index contributed by atoms with van der Waals surface area (Å²) < 4.78 is 13.3. The number of rotatable bonds is 3. The van der Waals surface area contributed by atoms with Crippen LogP contribution in [0.25, 0.3) is 33.4 Å². The number of hydrogen-bond acceptors (Lipinski definition) is 3. The van der Waals surface area contributed by atoms with Gasteiger partial charge in [-0.3, -0.25) is 4.98 Å². The first kappa shape index (κ1) is 14.4. The Morgan fingerprint density at radius 3 is 2.58 bits per heavy atom. The SMILES string of the molecule is CNc1cc(-c2[nH]c3cccnc3c2-c2ccc(F)cc2)ccn1. The summed E-state index contributed by atoms with van der Waals surface area (Å²) >= 11 is 0. The summed E-state index contributed by atoms with van der Waals surface area (Å²) in [7, 11) is 1.83. The zero-order valence-electron chi connectivity index (χ0n) is 13.0. The van der Waals surface area contributed by atoms with Gasteiger partial charge in [0, 0.05) is 30.6 Å². The maximum atomic E-state index is 13.3. The number of aromatic amines is 1. The number of hydrogen-bond donors (Lipinski definition) is 2. The Kier molecular flexibility index (Phi) is 3.46. The second kappa shape index (κ2) is 5.77. The molecule has 0 aliphatic rings. The van der Waals surface area contributed by atoms with Crippen molar-refractivity contribution < 1.29 is 4.39 Å². The highest BCUT2D eigenvalue weighted by Gasteiger charge is 2.16. The van der Waals surface area contributed by atoms with Crippen LogP contribution in [0.4, 0.5) is 10.2 Å². The molecule has 24 heavy (non-hydrogen) atoms. The van der Waals surface area contributed by atoms with Crippen molar-refractivity contribution in [1.82, 2.24) is 15.0 Å². The zero-order valence-corrected chi connectivity index (χ0v) is 13.0. The Morgan fingerprint density at radius 2 is 1.79 bits per heavy atom. The van der Waals surface area contributed by atoms with Crippen molar-refractivity contribution in [1.29, 1.82) is 0 Å². The van der Waals surface area contributed by atoms with E-state index in [1.807, 2.05) is 31.3 Å². The molecule has 1 aromatic carbocycles. The van der Waals surface area contributed by atoms with Gasteiger partial charge in [-0.2, -0.15) is 0 Å². The summed E-state index contributed by atoms with van der Waals surface area (Å²) in [5, 5.41) is 3.05. The molecule has 0 aliphatic heterocycles. The largest absolute Gasteiger partial charge is 0.373 e. The topological polar surface area (TPSA) is 53.6 Å². The van der Waals surface area contributed by atoms with Crippen LogP contribution in [0.3, 0.4) is 0 Å². The normalized spacial score (nSPS) is 10.9. The van der Waals surface area contributed by atoms with E-state index >= 15 is 0 Å². The van der Waals surface area contributed by atoms with Crippen molar-refractivity contribution in [2.24, 2.45) is 0 Å². The van der Waals surface area contributed by atoms with E-state index in [1.54, 1.807) is 24.5 Å².